The molecule has 148 valence electrons. The molecular formula is C22H38N2O2. The van der Waals surface area contributed by atoms with Gasteiger partial charge in [0.15, 0.2) is 5.78 Å². The lowest BCUT2D eigenvalue weighted by atomic mass is 9.82. The molecule has 1 saturated carbocycles. The van der Waals surface area contributed by atoms with Crippen LogP contribution >= 0.6 is 0 Å². The minimum atomic E-state index is 0.102. The molecule has 2 unspecified atom stereocenters. The van der Waals surface area contributed by atoms with Gasteiger partial charge in [0.2, 0.25) is 5.91 Å². The van der Waals surface area contributed by atoms with E-state index in [1.165, 1.54) is 19.0 Å². The van der Waals surface area contributed by atoms with Crippen LogP contribution in [-0.4, -0.2) is 23.9 Å². The van der Waals surface area contributed by atoms with Crippen LogP contribution in [0.2, 0.25) is 0 Å². The Morgan fingerprint density at radius 3 is 2.65 bits per heavy atom. The summed E-state index contributed by atoms with van der Waals surface area (Å²) in [5, 5.41) is 2.98. The largest absolute Gasteiger partial charge is 0.356 e. The first kappa shape index (κ1) is 22.6. The molecule has 1 fully saturated rings. The molecule has 1 aliphatic rings. The number of amides is 1. The summed E-state index contributed by atoms with van der Waals surface area (Å²) in [6, 6.07) is 0. The average Bonchev–Trinajstić information content (AvgIpc) is 2.77. The van der Waals surface area contributed by atoms with Crippen LogP contribution in [0.25, 0.3) is 0 Å². The van der Waals surface area contributed by atoms with Crippen molar-refractivity contribution in [3.05, 3.63) is 12.8 Å². The van der Waals surface area contributed by atoms with Gasteiger partial charge in [-0.15, -0.1) is 0 Å². The molecule has 1 amide bonds. The summed E-state index contributed by atoms with van der Waals surface area (Å²) in [5.74, 6) is 2.06. The van der Waals surface area contributed by atoms with Gasteiger partial charge in [0.05, 0.1) is 5.71 Å². The number of carbonyl (C=O) groups is 2. The second-order valence-corrected chi connectivity index (χ2v) is 8.32. The number of aliphatic imine (C=N–C) groups is 1. The van der Waals surface area contributed by atoms with Crippen LogP contribution in [0.15, 0.2) is 17.8 Å². The lowest BCUT2D eigenvalue weighted by Gasteiger charge is -2.22. The van der Waals surface area contributed by atoms with E-state index in [0.29, 0.717) is 29.9 Å². The van der Waals surface area contributed by atoms with Gasteiger partial charge in [-0.05, 0) is 43.9 Å². The second kappa shape index (κ2) is 12.0. The van der Waals surface area contributed by atoms with Crippen LogP contribution in [0.5, 0.6) is 0 Å². The number of ketones is 1. The highest BCUT2D eigenvalue weighted by atomic mass is 16.1. The third-order valence-electron chi connectivity index (χ3n) is 5.47. The highest BCUT2D eigenvalue weighted by Gasteiger charge is 2.30. The number of nitrogens with one attached hydrogen (secondary N) is 1. The fourth-order valence-corrected chi connectivity index (χ4v) is 3.96. The fraction of sp³-hybridized carbons (Fsp3) is 0.773. The molecule has 4 nitrogen and oxygen atoms in total. The highest BCUT2D eigenvalue weighted by molar-refractivity contribution is 6.39. The minimum Gasteiger partial charge on any atom is -0.356 e. The Hall–Kier alpha value is -1.45. The van der Waals surface area contributed by atoms with Crippen molar-refractivity contribution in [1.82, 2.24) is 5.32 Å². The van der Waals surface area contributed by atoms with Gasteiger partial charge in [0, 0.05) is 25.1 Å². The second-order valence-electron chi connectivity index (χ2n) is 8.32. The quantitative estimate of drug-likeness (QED) is 0.340. The van der Waals surface area contributed by atoms with Crippen molar-refractivity contribution in [3.63, 3.8) is 0 Å². The normalized spacial score (nSPS) is 24.2. The van der Waals surface area contributed by atoms with Crippen molar-refractivity contribution < 1.29 is 9.59 Å². The van der Waals surface area contributed by atoms with Crippen LogP contribution in [0, 0.1) is 23.7 Å². The van der Waals surface area contributed by atoms with Crippen molar-refractivity contribution >= 4 is 17.4 Å². The Morgan fingerprint density at radius 1 is 1.27 bits per heavy atom. The van der Waals surface area contributed by atoms with E-state index in [-0.39, 0.29) is 17.6 Å². The van der Waals surface area contributed by atoms with Crippen LogP contribution in [-0.2, 0) is 9.59 Å². The topological polar surface area (TPSA) is 58.5 Å². The third kappa shape index (κ3) is 8.29. The zero-order chi connectivity index (χ0) is 19.5. The number of carbonyl (C=O) groups excluding carboxylic acids is 2. The molecule has 1 N–H and O–H groups in total. The van der Waals surface area contributed by atoms with E-state index in [1.807, 2.05) is 0 Å². The van der Waals surface area contributed by atoms with Crippen molar-refractivity contribution in [2.24, 2.45) is 28.7 Å². The van der Waals surface area contributed by atoms with E-state index >= 15 is 0 Å². The number of hydrogen-bond acceptors (Lipinski definition) is 3. The molecule has 0 aromatic heterocycles. The average molecular weight is 363 g/mol. The summed E-state index contributed by atoms with van der Waals surface area (Å²) in [7, 11) is 0. The summed E-state index contributed by atoms with van der Waals surface area (Å²) in [6.07, 6.45) is 9.71. The van der Waals surface area contributed by atoms with Crippen molar-refractivity contribution in [1.29, 1.82) is 0 Å². The van der Waals surface area contributed by atoms with Crippen LogP contribution < -0.4 is 5.32 Å². The molecular weight excluding hydrogens is 324 g/mol. The van der Waals surface area contributed by atoms with Crippen molar-refractivity contribution in [2.75, 3.05) is 6.54 Å². The first-order chi connectivity index (χ1) is 12.3. The maximum atomic E-state index is 12.6. The SMILES string of the molecule is C=CN=C(C)C(=O)C1CCC[C@@H](CCCCC(=O)NCC(C)C)CC1C. The number of nitrogens with zero attached hydrogens (tertiary/aromatic N) is 1. The number of hydrogen-bond donors (Lipinski definition) is 1. The van der Waals surface area contributed by atoms with Gasteiger partial charge in [-0.3, -0.25) is 14.6 Å². The first-order valence-corrected chi connectivity index (χ1v) is 10.3. The van der Waals surface area contributed by atoms with Gasteiger partial charge in [0.25, 0.3) is 0 Å². The molecule has 1 rings (SSSR count). The molecule has 0 spiro atoms. The molecule has 0 radical (unpaired) electrons. The molecule has 0 aliphatic heterocycles. The molecule has 4 heteroatoms. The number of rotatable bonds is 10. The Kier molecular flexibility index (Phi) is 10.5. The molecule has 0 aromatic carbocycles. The van der Waals surface area contributed by atoms with Gasteiger partial charge in [-0.2, -0.15) is 0 Å². The van der Waals surface area contributed by atoms with E-state index in [1.54, 1.807) is 6.92 Å². The van der Waals surface area contributed by atoms with Gasteiger partial charge >= 0.3 is 0 Å². The summed E-state index contributed by atoms with van der Waals surface area (Å²) in [4.78, 5) is 28.4. The molecule has 0 heterocycles. The number of Topliss-reactive ketones (excluding diaryl/α,β-unsaturated/α-hetero) is 1. The Balaban J connectivity index is 2.36. The van der Waals surface area contributed by atoms with E-state index in [0.717, 1.165) is 38.6 Å². The molecule has 0 aromatic rings. The third-order valence-corrected chi connectivity index (χ3v) is 5.47. The van der Waals surface area contributed by atoms with E-state index in [4.69, 9.17) is 0 Å². The predicted molar refractivity (Wildman–Crippen MR) is 109 cm³/mol. The lowest BCUT2D eigenvalue weighted by Crippen LogP contribution is -2.27. The van der Waals surface area contributed by atoms with Crippen molar-refractivity contribution in [2.45, 2.75) is 79.1 Å². The molecule has 3 atom stereocenters. The summed E-state index contributed by atoms with van der Waals surface area (Å²) in [6.45, 7) is 12.6. The zero-order valence-electron chi connectivity index (χ0n) is 17.2. The minimum absolute atomic E-state index is 0.102. The number of unbranched alkanes of at least 4 members (excludes halogenated alkanes) is 1. The van der Waals surface area contributed by atoms with E-state index in [2.05, 4.69) is 37.7 Å². The Bertz CT molecular complexity index is 496. The Morgan fingerprint density at radius 2 is 2.00 bits per heavy atom. The standard InChI is InChI=1S/C22H38N2O2/c1-6-23-18(5)22(26)20-12-9-11-19(14-17(20)4)10-7-8-13-21(25)24-15-16(2)3/h6,16-17,19-20H,1,7-15H2,2-5H3,(H,24,25)/t17?,19-,20?/m1/s1. The maximum absolute atomic E-state index is 12.6. The molecule has 26 heavy (non-hydrogen) atoms. The molecule has 0 bridgehead atoms. The fourth-order valence-electron chi connectivity index (χ4n) is 3.96. The molecule has 1 aliphatic carbocycles. The summed E-state index contributed by atoms with van der Waals surface area (Å²) in [5.41, 5.74) is 0.586. The van der Waals surface area contributed by atoms with Crippen LogP contribution in [0.4, 0.5) is 0 Å². The molecule has 0 saturated heterocycles. The lowest BCUT2D eigenvalue weighted by molar-refractivity contribution is -0.121. The summed E-state index contributed by atoms with van der Waals surface area (Å²) < 4.78 is 0. The smallest absolute Gasteiger partial charge is 0.220 e. The summed E-state index contributed by atoms with van der Waals surface area (Å²) >= 11 is 0. The van der Waals surface area contributed by atoms with Crippen LogP contribution in [0.1, 0.15) is 79.1 Å². The van der Waals surface area contributed by atoms with E-state index < -0.39 is 0 Å². The highest BCUT2D eigenvalue weighted by Crippen LogP contribution is 2.35. The van der Waals surface area contributed by atoms with Gasteiger partial charge in [-0.25, -0.2) is 0 Å². The first-order valence-electron chi connectivity index (χ1n) is 10.3. The maximum Gasteiger partial charge on any atom is 0.220 e. The van der Waals surface area contributed by atoms with Crippen LogP contribution in [0.3, 0.4) is 0 Å². The van der Waals surface area contributed by atoms with Gasteiger partial charge in [-0.1, -0.05) is 53.0 Å². The monoisotopic (exact) mass is 362 g/mol. The van der Waals surface area contributed by atoms with Gasteiger partial charge in [0.1, 0.15) is 0 Å². The van der Waals surface area contributed by atoms with Crippen molar-refractivity contribution in [3.8, 4) is 0 Å². The zero-order valence-corrected chi connectivity index (χ0v) is 17.2. The van der Waals surface area contributed by atoms with Gasteiger partial charge < -0.3 is 5.32 Å². The predicted octanol–water partition coefficient (Wildman–Crippen LogP) is 4.94. The van der Waals surface area contributed by atoms with E-state index in [9.17, 15) is 9.59 Å². The Labute approximate surface area is 159 Å².